The summed E-state index contributed by atoms with van der Waals surface area (Å²) in [4.78, 5) is 36.4. The lowest BCUT2D eigenvalue weighted by Crippen LogP contribution is -2.15. The van der Waals surface area contributed by atoms with E-state index in [1.165, 1.54) is 13.2 Å². The maximum absolute atomic E-state index is 14.3. The molecule has 1 aliphatic heterocycles. The Morgan fingerprint density at radius 3 is 2.57 bits per heavy atom. The monoisotopic (exact) mass is 410 g/mol. The normalized spacial score (nSPS) is 12.4. The van der Waals surface area contributed by atoms with E-state index in [9.17, 15) is 18.4 Å². The number of rotatable bonds is 5. The van der Waals surface area contributed by atoms with E-state index in [0.29, 0.717) is 28.2 Å². The van der Waals surface area contributed by atoms with Gasteiger partial charge >= 0.3 is 5.97 Å². The first-order valence-electron chi connectivity index (χ1n) is 9.09. The number of aromatic nitrogens is 3. The topological polar surface area (TPSA) is 94.1 Å². The van der Waals surface area contributed by atoms with E-state index in [2.05, 4.69) is 25.0 Å². The van der Waals surface area contributed by atoms with Crippen LogP contribution < -0.4 is 5.32 Å². The van der Waals surface area contributed by atoms with Gasteiger partial charge in [-0.25, -0.2) is 18.7 Å². The second kappa shape index (κ2) is 7.94. The molecule has 30 heavy (non-hydrogen) atoms. The van der Waals surface area contributed by atoms with Crippen molar-refractivity contribution in [2.45, 2.75) is 19.4 Å². The summed E-state index contributed by atoms with van der Waals surface area (Å²) in [5, 5.41) is 2.66. The summed E-state index contributed by atoms with van der Waals surface area (Å²) in [6.07, 6.45) is 1.80. The molecule has 3 aromatic rings. The van der Waals surface area contributed by atoms with Gasteiger partial charge in [-0.15, -0.1) is 0 Å². The molecular weight excluding hydrogens is 394 g/mol. The highest BCUT2D eigenvalue weighted by atomic mass is 19.1. The molecule has 0 fully saturated rings. The number of carbonyl (C=O) groups excluding carboxylic acids is 2. The smallest absolute Gasteiger partial charge is 0.311 e. The minimum atomic E-state index is -0.785. The maximum Gasteiger partial charge on any atom is 0.311 e. The molecular formula is C21H16F2N4O3. The van der Waals surface area contributed by atoms with Crippen LogP contribution in [0.2, 0.25) is 0 Å². The van der Waals surface area contributed by atoms with Gasteiger partial charge in [0.2, 0.25) is 0 Å². The van der Waals surface area contributed by atoms with Gasteiger partial charge in [-0.3, -0.25) is 14.6 Å². The summed E-state index contributed by atoms with van der Waals surface area (Å²) in [5.74, 6) is -2.43. The molecule has 0 bridgehead atoms. The molecule has 0 atom stereocenters. The molecule has 0 spiro atoms. The van der Waals surface area contributed by atoms with Crippen molar-refractivity contribution in [2.24, 2.45) is 0 Å². The second-order valence-electron chi connectivity index (χ2n) is 6.68. The number of amides is 1. The van der Waals surface area contributed by atoms with E-state index >= 15 is 0 Å². The van der Waals surface area contributed by atoms with Crippen molar-refractivity contribution in [3.63, 3.8) is 0 Å². The SMILES string of the molecule is COC(=O)Cc1ccc(Cc2nc(-c3c(F)cccc3F)nc3c2C(=O)NC3)cn1. The Kier molecular flexibility index (Phi) is 5.18. The average molecular weight is 410 g/mol. The molecule has 9 heteroatoms. The highest BCUT2D eigenvalue weighted by molar-refractivity contribution is 5.99. The number of hydrogen-bond donors (Lipinski definition) is 1. The third-order valence-electron chi connectivity index (χ3n) is 4.70. The van der Waals surface area contributed by atoms with Crippen molar-refractivity contribution in [3.05, 3.63) is 76.4 Å². The number of methoxy groups -OCH3 is 1. The van der Waals surface area contributed by atoms with Gasteiger partial charge in [0.1, 0.15) is 11.6 Å². The summed E-state index contributed by atoms with van der Waals surface area (Å²) >= 11 is 0. The van der Waals surface area contributed by atoms with Crippen molar-refractivity contribution in [1.29, 1.82) is 0 Å². The molecule has 1 N–H and O–H groups in total. The zero-order valence-corrected chi connectivity index (χ0v) is 15.9. The van der Waals surface area contributed by atoms with E-state index in [0.717, 1.165) is 12.1 Å². The summed E-state index contributed by atoms with van der Waals surface area (Å²) in [6.45, 7) is 0.156. The van der Waals surface area contributed by atoms with Gasteiger partial charge in [0.25, 0.3) is 5.91 Å². The molecule has 0 saturated heterocycles. The van der Waals surface area contributed by atoms with Gasteiger partial charge in [0, 0.05) is 12.6 Å². The number of benzene rings is 1. The van der Waals surface area contributed by atoms with Gasteiger partial charge in [0.15, 0.2) is 5.82 Å². The van der Waals surface area contributed by atoms with Crippen molar-refractivity contribution < 1.29 is 23.1 Å². The van der Waals surface area contributed by atoms with Gasteiger partial charge in [-0.1, -0.05) is 12.1 Å². The van der Waals surface area contributed by atoms with Gasteiger partial charge in [0.05, 0.1) is 48.3 Å². The van der Waals surface area contributed by atoms with Crippen LogP contribution in [0, 0.1) is 11.6 Å². The Bertz CT molecular complexity index is 1130. The third kappa shape index (κ3) is 3.73. The summed E-state index contributed by atoms with van der Waals surface area (Å²) in [6, 6.07) is 6.93. The number of nitrogens with zero attached hydrogens (tertiary/aromatic N) is 3. The number of pyridine rings is 1. The third-order valence-corrected chi connectivity index (χ3v) is 4.70. The van der Waals surface area contributed by atoms with Crippen LogP contribution in [0.15, 0.2) is 36.5 Å². The minimum Gasteiger partial charge on any atom is -0.469 e. The molecule has 0 unspecified atom stereocenters. The number of fused-ring (bicyclic) bond motifs is 1. The van der Waals surface area contributed by atoms with E-state index in [1.54, 1.807) is 18.3 Å². The molecule has 0 saturated carbocycles. The van der Waals surface area contributed by atoms with Crippen LogP contribution in [0.3, 0.4) is 0 Å². The largest absolute Gasteiger partial charge is 0.469 e. The number of hydrogen-bond acceptors (Lipinski definition) is 6. The van der Waals surface area contributed by atoms with E-state index in [4.69, 9.17) is 0 Å². The zero-order valence-electron chi connectivity index (χ0n) is 15.9. The molecule has 1 amide bonds. The molecule has 1 aliphatic rings. The molecule has 7 nitrogen and oxygen atoms in total. The molecule has 0 radical (unpaired) electrons. The fourth-order valence-electron chi connectivity index (χ4n) is 3.23. The second-order valence-corrected chi connectivity index (χ2v) is 6.68. The number of ether oxygens (including phenoxy) is 1. The Hall–Kier alpha value is -3.75. The molecule has 2 aromatic heterocycles. The first kappa shape index (κ1) is 19.6. The average Bonchev–Trinajstić information content (AvgIpc) is 3.10. The molecule has 152 valence electrons. The minimum absolute atomic E-state index is 0.0405. The van der Waals surface area contributed by atoms with Crippen molar-refractivity contribution in [1.82, 2.24) is 20.3 Å². The first-order valence-corrected chi connectivity index (χ1v) is 9.09. The Morgan fingerprint density at radius 1 is 1.13 bits per heavy atom. The molecule has 1 aromatic carbocycles. The first-order chi connectivity index (χ1) is 14.5. The van der Waals surface area contributed by atoms with E-state index in [-0.39, 0.29) is 36.7 Å². The summed E-state index contributed by atoms with van der Waals surface area (Å²) < 4.78 is 33.1. The fraction of sp³-hybridized carbons (Fsp3) is 0.190. The quantitative estimate of drug-likeness (QED) is 0.649. The van der Waals surface area contributed by atoms with Crippen LogP contribution in [0.25, 0.3) is 11.4 Å². The molecule has 4 rings (SSSR count). The Morgan fingerprint density at radius 2 is 1.90 bits per heavy atom. The predicted octanol–water partition coefficient (Wildman–Crippen LogP) is 2.37. The standard InChI is InChI=1S/C21H16F2N4O3/c1-30-17(28)8-12-6-5-11(9-24-12)7-15-19-16(10-25-21(19)29)27-20(26-15)18-13(22)3-2-4-14(18)23/h2-6,9H,7-8,10H2,1H3,(H,25,29). The zero-order chi connectivity index (χ0) is 21.3. The number of carbonyl (C=O) groups is 2. The van der Waals surface area contributed by atoms with Crippen molar-refractivity contribution in [3.8, 4) is 11.4 Å². The van der Waals surface area contributed by atoms with Crippen molar-refractivity contribution >= 4 is 11.9 Å². The number of halogens is 2. The van der Waals surface area contributed by atoms with Crippen LogP contribution in [0.4, 0.5) is 8.78 Å². The van der Waals surface area contributed by atoms with Crippen LogP contribution in [-0.2, 0) is 28.9 Å². The van der Waals surface area contributed by atoms with Crippen molar-refractivity contribution in [2.75, 3.05) is 7.11 Å². The number of esters is 1. The lowest BCUT2D eigenvalue weighted by molar-refractivity contribution is -0.139. The van der Waals surface area contributed by atoms with Gasteiger partial charge in [-0.2, -0.15) is 0 Å². The predicted molar refractivity (Wildman–Crippen MR) is 101 cm³/mol. The lowest BCUT2D eigenvalue weighted by atomic mass is 10.0. The van der Waals surface area contributed by atoms with Crippen LogP contribution in [0.5, 0.6) is 0 Å². The Balaban J connectivity index is 1.72. The van der Waals surface area contributed by atoms with Crippen LogP contribution in [0.1, 0.15) is 33.0 Å². The van der Waals surface area contributed by atoms with Crippen LogP contribution in [-0.4, -0.2) is 33.9 Å². The lowest BCUT2D eigenvalue weighted by Gasteiger charge is -2.10. The molecule has 0 aliphatic carbocycles. The highest BCUT2D eigenvalue weighted by Crippen LogP contribution is 2.27. The highest BCUT2D eigenvalue weighted by Gasteiger charge is 2.28. The van der Waals surface area contributed by atoms with Crippen LogP contribution >= 0.6 is 0 Å². The Labute approximate surface area is 170 Å². The molecule has 3 heterocycles. The van der Waals surface area contributed by atoms with Gasteiger partial charge < -0.3 is 10.1 Å². The fourth-order valence-corrected chi connectivity index (χ4v) is 3.23. The maximum atomic E-state index is 14.3. The summed E-state index contributed by atoms with van der Waals surface area (Å²) in [5.41, 5.74) is 1.93. The van der Waals surface area contributed by atoms with Gasteiger partial charge in [-0.05, 0) is 23.8 Å². The van der Waals surface area contributed by atoms with E-state index < -0.39 is 17.6 Å². The van der Waals surface area contributed by atoms with E-state index in [1.807, 2.05) is 0 Å². The number of nitrogens with one attached hydrogen (secondary N) is 1. The summed E-state index contributed by atoms with van der Waals surface area (Å²) in [7, 11) is 1.30.